The fraction of sp³-hybridized carbons (Fsp3) is 0.778. The van der Waals surface area contributed by atoms with Crippen molar-refractivity contribution >= 4 is 0 Å². The standard InChI is InChI=1S/C9H14O2/c1-7-10-6-8-4-2-3-5-9(8)11-7/h7H,2-6H2,1H3. The minimum absolute atomic E-state index is 0.0214. The highest BCUT2D eigenvalue weighted by Crippen LogP contribution is 2.29. The summed E-state index contributed by atoms with van der Waals surface area (Å²) in [6.07, 6.45) is 4.88. The Balaban J connectivity index is 2.12. The Labute approximate surface area is 67.2 Å². The van der Waals surface area contributed by atoms with E-state index in [0.717, 1.165) is 13.0 Å². The molecule has 0 spiro atoms. The zero-order valence-corrected chi connectivity index (χ0v) is 6.93. The molecule has 2 heteroatoms. The molecule has 62 valence electrons. The zero-order chi connectivity index (χ0) is 7.68. The largest absolute Gasteiger partial charge is 0.470 e. The first kappa shape index (κ1) is 7.17. The highest BCUT2D eigenvalue weighted by Gasteiger charge is 2.21. The van der Waals surface area contributed by atoms with Crippen molar-refractivity contribution in [1.29, 1.82) is 0 Å². The predicted molar refractivity (Wildman–Crippen MR) is 42.0 cm³/mol. The maximum absolute atomic E-state index is 5.55. The average Bonchev–Trinajstić information content (AvgIpc) is 2.04. The van der Waals surface area contributed by atoms with E-state index in [1.54, 1.807) is 0 Å². The van der Waals surface area contributed by atoms with E-state index in [1.165, 1.54) is 30.6 Å². The molecule has 1 aliphatic heterocycles. The smallest absolute Gasteiger partial charge is 0.196 e. The van der Waals surface area contributed by atoms with Gasteiger partial charge in [0.25, 0.3) is 0 Å². The van der Waals surface area contributed by atoms with Gasteiger partial charge in [0.05, 0.1) is 6.61 Å². The summed E-state index contributed by atoms with van der Waals surface area (Å²) in [4.78, 5) is 0. The molecule has 0 fully saturated rings. The van der Waals surface area contributed by atoms with E-state index in [1.807, 2.05) is 6.92 Å². The molecule has 0 saturated carbocycles. The van der Waals surface area contributed by atoms with E-state index in [4.69, 9.17) is 9.47 Å². The van der Waals surface area contributed by atoms with Crippen molar-refractivity contribution in [3.05, 3.63) is 11.3 Å². The SMILES string of the molecule is CC1OCC2=C(CCCC2)O1. The lowest BCUT2D eigenvalue weighted by atomic mass is 9.98. The van der Waals surface area contributed by atoms with Gasteiger partial charge in [-0.15, -0.1) is 0 Å². The second kappa shape index (κ2) is 2.86. The van der Waals surface area contributed by atoms with Crippen LogP contribution >= 0.6 is 0 Å². The third-order valence-corrected chi connectivity index (χ3v) is 2.33. The van der Waals surface area contributed by atoms with Crippen LogP contribution in [0.3, 0.4) is 0 Å². The number of hydrogen-bond acceptors (Lipinski definition) is 2. The Morgan fingerprint density at radius 3 is 3.00 bits per heavy atom. The maximum Gasteiger partial charge on any atom is 0.196 e. The topological polar surface area (TPSA) is 18.5 Å². The highest BCUT2D eigenvalue weighted by atomic mass is 16.7. The summed E-state index contributed by atoms with van der Waals surface area (Å²) >= 11 is 0. The van der Waals surface area contributed by atoms with Gasteiger partial charge in [0.2, 0.25) is 0 Å². The number of hydrogen-bond donors (Lipinski definition) is 0. The monoisotopic (exact) mass is 154 g/mol. The van der Waals surface area contributed by atoms with Crippen molar-refractivity contribution in [3.63, 3.8) is 0 Å². The van der Waals surface area contributed by atoms with E-state index in [0.29, 0.717) is 0 Å². The van der Waals surface area contributed by atoms with E-state index < -0.39 is 0 Å². The molecule has 0 aromatic rings. The number of allylic oxidation sites excluding steroid dienone is 1. The van der Waals surface area contributed by atoms with Crippen molar-refractivity contribution in [2.45, 2.75) is 38.9 Å². The first-order chi connectivity index (χ1) is 5.36. The molecule has 2 nitrogen and oxygen atoms in total. The molecule has 2 rings (SSSR count). The fourth-order valence-corrected chi connectivity index (χ4v) is 1.69. The van der Waals surface area contributed by atoms with Crippen LogP contribution in [-0.2, 0) is 9.47 Å². The van der Waals surface area contributed by atoms with Gasteiger partial charge < -0.3 is 9.47 Å². The molecule has 0 amide bonds. The van der Waals surface area contributed by atoms with Crippen LogP contribution in [0.1, 0.15) is 32.6 Å². The molecule has 0 bridgehead atoms. The zero-order valence-electron chi connectivity index (χ0n) is 6.93. The van der Waals surface area contributed by atoms with Crippen LogP contribution in [0.15, 0.2) is 11.3 Å². The molecular weight excluding hydrogens is 140 g/mol. The molecule has 11 heavy (non-hydrogen) atoms. The van der Waals surface area contributed by atoms with Crippen LogP contribution in [0.25, 0.3) is 0 Å². The van der Waals surface area contributed by atoms with Gasteiger partial charge in [0.15, 0.2) is 6.29 Å². The third kappa shape index (κ3) is 1.41. The summed E-state index contributed by atoms with van der Waals surface area (Å²) in [6.45, 7) is 2.76. The van der Waals surface area contributed by atoms with Gasteiger partial charge in [-0.2, -0.15) is 0 Å². The van der Waals surface area contributed by atoms with Crippen molar-refractivity contribution in [3.8, 4) is 0 Å². The van der Waals surface area contributed by atoms with Gasteiger partial charge in [-0.25, -0.2) is 0 Å². The molecule has 0 radical (unpaired) electrons. The number of rotatable bonds is 0. The summed E-state index contributed by atoms with van der Waals surface area (Å²) < 4.78 is 10.9. The lowest BCUT2D eigenvalue weighted by Gasteiger charge is -2.29. The summed E-state index contributed by atoms with van der Waals surface area (Å²) in [5.41, 5.74) is 1.40. The molecule has 0 saturated heterocycles. The van der Waals surface area contributed by atoms with Gasteiger partial charge in [-0.3, -0.25) is 0 Å². The Bertz CT molecular complexity index is 184. The summed E-state index contributed by atoms with van der Waals surface area (Å²) in [5.74, 6) is 1.22. The van der Waals surface area contributed by atoms with Crippen LogP contribution < -0.4 is 0 Å². The Morgan fingerprint density at radius 2 is 2.09 bits per heavy atom. The van der Waals surface area contributed by atoms with Gasteiger partial charge in [0.1, 0.15) is 5.76 Å². The van der Waals surface area contributed by atoms with Crippen molar-refractivity contribution in [2.24, 2.45) is 0 Å². The van der Waals surface area contributed by atoms with Gasteiger partial charge >= 0.3 is 0 Å². The normalized spacial score (nSPS) is 31.2. The molecule has 0 aromatic heterocycles. The molecule has 2 aliphatic rings. The second-order valence-corrected chi connectivity index (χ2v) is 3.23. The molecule has 1 atom stereocenters. The lowest BCUT2D eigenvalue weighted by molar-refractivity contribution is -0.120. The Kier molecular flexibility index (Phi) is 1.86. The quantitative estimate of drug-likeness (QED) is 0.532. The number of ether oxygens (including phenoxy) is 2. The van der Waals surface area contributed by atoms with Gasteiger partial charge in [0, 0.05) is 6.42 Å². The minimum Gasteiger partial charge on any atom is -0.470 e. The molecular formula is C9H14O2. The summed E-state index contributed by atoms with van der Waals surface area (Å²) in [6, 6.07) is 0. The van der Waals surface area contributed by atoms with Crippen LogP contribution in [-0.4, -0.2) is 12.9 Å². The van der Waals surface area contributed by atoms with E-state index in [2.05, 4.69) is 0 Å². The van der Waals surface area contributed by atoms with Crippen molar-refractivity contribution in [2.75, 3.05) is 6.61 Å². The highest BCUT2D eigenvalue weighted by molar-refractivity contribution is 5.13. The molecule has 0 N–H and O–H groups in total. The summed E-state index contributed by atoms with van der Waals surface area (Å²) in [7, 11) is 0. The molecule has 1 aliphatic carbocycles. The average molecular weight is 154 g/mol. The third-order valence-electron chi connectivity index (χ3n) is 2.33. The van der Waals surface area contributed by atoms with Crippen molar-refractivity contribution in [1.82, 2.24) is 0 Å². The van der Waals surface area contributed by atoms with Crippen LogP contribution in [0.4, 0.5) is 0 Å². The van der Waals surface area contributed by atoms with Gasteiger partial charge in [-0.05, 0) is 31.8 Å². The minimum atomic E-state index is -0.0214. The Hall–Kier alpha value is -0.500. The van der Waals surface area contributed by atoms with E-state index in [9.17, 15) is 0 Å². The first-order valence-corrected chi connectivity index (χ1v) is 4.35. The van der Waals surface area contributed by atoms with Crippen molar-refractivity contribution < 1.29 is 9.47 Å². The molecule has 1 unspecified atom stereocenters. The Morgan fingerprint density at radius 1 is 1.27 bits per heavy atom. The predicted octanol–water partition coefficient (Wildman–Crippen LogP) is 2.21. The van der Waals surface area contributed by atoms with Gasteiger partial charge in [-0.1, -0.05) is 0 Å². The fourth-order valence-electron chi connectivity index (χ4n) is 1.69. The summed E-state index contributed by atoms with van der Waals surface area (Å²) in [5, 5.41) is 0. The first-order valence-electron chi connectivity index (χ1n) is 4.35. The maximum atomic E-state index is 5.55. The molecule has 1 heterocycles. The van der Waals surface area contributed by atoms with Crippen LogP contribution in [0, 0.1) is 0 Å². The van der Waals surface area contributed by atoms with E-state index >= 15 is 0 Å². The van der Waals surface area contributed by atoms with Crippen LogP contribution in [0.5, 0.6) is 0 Å². The second-order valence-electron chi connectivity index (χ2n) is 3.23. The van der Waals surface area contributed by atoms with E-state index in [-0.39, 0.29) is 6.29 Å². The van der Waals surface area contributed by atoms with Crippen LogP contribution in [0.2, 0.25) is 0 Å². The lowest BCUT2D eigenvalue weighted by Crippen LogP contribution is -2.23. The molecule has 0 aromatic carbocycles.